The topological polar surface area (TPSA) is 78.3 Å². The highest BCUT2D eigenvalue weighted by Gasteiger charge is 2.29. The number of H-pyrrole nitrogens is 1. The van der Waals surface area contributed by atoms with Gasteiger partial charge in [-0.2, -0.15) is 0 Å². The van der Waals surface area contributed by atoms with Gasteiger partial charge in [-0.3, -0.25) is 9.59 Å². The van der Waals surface area contributed by atoms with Crippen LogP contribution in [0.15, 0.2) is 22.6 Å². The second-order valence-corrected chi connectivity index (χ2v) is 7.30. The van der Waals surface area contributed by atoms with Crippen LogP contribution in [0.2, 0.25) is 0 Å². The van der Waals surface area contributed by atoms with Crippen molar-refractivity contribution in [3.8, 4) is 0 Å². The third kappa shape index (κ3) is 3.33. The number of hydrogen-bond donors (Lipinski definition) is 2. The summed E-state index contributed by atoms with van der Waals surface area (Å²) < 4.78 is 5.39. The minimum atomic E-state index is -0.00649. The first-order chi connectivity index (χ1) is 12.1. The van der Waals surface area contributed by atoms with Crippen LogP contribution in [-0.4, -0.2) is 40.8 Å². The maximum absolute atomic E-state index is 12.7. The van der Waals surface area contributed by atoms with Crippen LogP contribution < -0.4 is 5.32 Å². The molecule has 4 rings (SSSR count). The van der Waals surface area contributed by atoms with Gasteiger partial charge in [0.05, 0.1) is 5.52 Å². The van der Waals surface area contributed by atoms with Crippen LogP contribution in [0, 0.1) is 10.8 Å². The molecule has 1 saturated heterocycles. The summed E-state index contributed by atoms with van der Waals surface area (Å²) in [5.41, 5.74) is 1.99. The monoisotopic (exact) mass is 359 g/mol. The van der Waals surface area contributed by atoms with E-state index in [1.807, 2.05) is 11.0 Å². The lowest BCUT2D eigenvalue weighted by Crippen LogP contribution is -2.48. The van der Waals surface area contributed by atoms with E-state index in [0.717, 1.165) is 37.6 Å². The lowest BCUT2D eigenvalue weighted by molar-refractivity contribution is -0.128. The molecule has 2 amide bonds. The smallest absolute Gasteiger partial charge is 0.266 e. The van der Waals surface area contributed by atoms with Gasteiger partial charge >= 0.3 is 0 Å². The highest BCUT2D eigenvalue weighted by Crippen LogP contribution is 2.27. The molecule has 2 aromatic rings. The number of carbonyl (C=O) groups is 2. The molecular weight excluding hydrogens is 338 g/mol. The van der Waals surface area contributed by atoms with Gasteiger partial charge in [-0.25, -0.2) is 0 Å². The Labute approximate surface area is 150 Å². The molecular formula is C18H21N3O3S. The van der Waals surface area contributed by atoms with Crippen LogP contribution >= 0.6 is 12.2 Å². The van der Waals surface area contributed by atoms with Crippen LogP contribution in [-0.2, 0) is 4.79 Å². The maximum atomic E-state index is 12.7. The fraction of sp³-hybridized carbons (Fsp3) is 0.500. The molecule has 2 N–H and O–H groups in total. The third-order valence-corrected chi connectivity index (χ3v) is 5.46. The van der Waals surface area contributed by atoms with Gasteiger partial charge in [-0.05, 0) is 56.1 Å². The summed E-state index contributed by atoms with van der Waals surface area (Å²) in [5.74, 6) is 0.397. The predicted octanol–water partition coefficient (Wildman–Crippen LogP) is 3.01. The number of carbonyl (C=O) groups excluding carboxylic acids is 2. The molecule has 25 heavy (non-hydrogen) atoms. The van der Waals surface area contributed by atoms with E-state index in [1.165, 1.54) is 0 Å². The van der Waals surface area contributed by atoms with Crippen molar-refractivity contribution < 1.29 is 14.0 Å². The molecule has 1 saturated carbocycles. The van der Waals surface area contributed by atoms with Crippen molar-refractivity contribution in [2.45, 2.75) is 38.1 Å². The highest BCUT2D eigenvalue weighted by atomic mass is 32.1. The zero-order valence-corrected chi connectivity index (χ0v) is 14.7. The normalized spacial score (nSPS) is 19.0. The van der Waals surface area contributed by atoms with E-state index in [1.54, 1.807) is 12.1 Å². The maximum Gasteiger partial charge on any atom is 0.266 e. The minimum Gasteiger partial charge on any atom is -0.429 e. The van der Waals surface area contributed by atoms with Crippen molar-refractivity contribution in [3.63, 3.8) is 0 Å². The van der Waals surface area contributed by atoms with Gasteiger partial charge in [0, 0.05) is 30.6 Å². The largest absolute Gasteiger partial charge is 0.429 e. The molecule has 0 bridgehead atoms. The lowest BCUT2D eigenvalue weighted by Gasteiger charge is -2.34. The number of likely N-dealkylation sites (tertiary alicyclic amines) is 1. The number of benzene rings is 1. The van der Waals surface area contributed by atoms with Gasteiger partial charge in [0.1, 0.15) is 0 Å². The second-order valence-electron chi connectivity index (χ2n) is 6.93. The summed E-state index contributed by atoms with van der Waals surface area (Å²) in [7, 11) is 0. The highest BCUT2D eigenvalue weighted by molar-refractivity contribution is 7.71. The molecule has 6 nitrogen and oxygen atoms in total. The molecule has 1 aromatic carbocycles. The Morgan fingerprint density at radius 2 is 1.96 bits per heavy atom. The Morgan fingerprint density at radius 1 is 1.20 bits per heavy atom. The van der Waals surface area contributed by atoms with Crippen LogP contribution in [0.1, 0.15) is 42.5 Å². The zero-order valence-electron chi connectivity index (χ0n) is 13.9. The molecule has 1 aliphatic heterocycles. The standard InChI is InChI=1S/C18H21N3O3S/c22-16(11-2-1-3-11)19-13-6-8-21(9-7-13)17(23)12-4-5-14-15(10-12)24-18(25)20-14/h4-5,10-11,13H,1-3,6-9H2,(H,19,22)(H,20,25). The Hall–Kier alpha value is -2.15. The van der Waals surface area contributed by atoms with E-state index in [9.17, 15) is 9.59 Å². The van der Waals surface area contributed by atoms with E-state index in [4.69, 9.17) is 16.6 Å². The molecule has 0 unspecified atom stereocenters. The Kier molecular flexibility index (Phi) is 4.33. The average molecular weight is 359 g/mol. The Morgan fingerprint density at radius 3 is 2.64 bits per heavy atom. The SMILES string of the molecule is O=C(NC1CCN(C(=O)c2ccc3[nH]c(=S)oc3c2)CC1)C1CCC1. The number of fused-ring (bicyclic) bond motifs is 1. The van der Waals surface area contributed by atoms with Crippen molar-refractivity contribution in [1.29, 1.82) is 0 Å². The first-order valence-corrected chi connectivity index (χ1v) is 9.23. The van der Waals surface area contributed by atoms with Gasteiger partial charge in [-0.15, -0.1) is 0 Å². The second kappa shape index (κ2) is 6.63. The fourth-order valence-electron chi connectivity index (χ4n) is 3.48. The van der Waals surface area contributed by atoms with E-state index in [-0.39, 0.29) is 23.8 Å². The van der Waals surface area contributed by atoms with Crippen molar-refractivity contribution in [2.75, 3.05) is 13.1 Å². The Bertz CT molecular complexity index is 860. The predicted molar refractivity (Wildman–Crippen MR) is 95.8 cm³/mol. The van der Waals surface area contributed by atoms with Gasteiger partial charge in [0.2, 0.25) is 5.91 Å². The quantitative estimate of drug-likeness (QED) is 0.826. The number of oxazole rings is 1. The fourth-order valence-corrected chi connectivity index (χ4v) is 3.68. The molecule has 2 aliphatic rings. The number of aromatic amines is 1. The molecule has 7 heteroatoms. The number of piperidine rings is 1. The first-order valence-electron chi connectivity index (χ1n) is 8.83. The van der Waals surface area contributed by atoms with Crippen LogP contribution in [0.4, 0.5) is 0 Å². The zero-order chi connectivity index (χ0) is 17.4. The van der Waals surface area contributed by atoms with Crippen LogP contribution in [0.25, 0.3) is 11.1 Å². The number of nitrogens with one attached hydrogen (secondary N) is 2. The van der Waals surface area contributed by atoms with Crippen LogP contribution in [0.3, 0.4) is 0 Å². The summed E-state index contributed by atoms with van der Waals surface area (Å²) in [6, 6.07) is 5.51. The Balaban J connectivity index is 1.36. The number of hydrogen-bond acceptors (Lipinski definition) is 4. The van der Waals surface area contributed by atoms with E-state index in [0.29, 0.717) is 29.1 Å². The molecule has 2 fully saturated rings. The van der Waals surface area contributed by atoms with E-state index < -0.39 is 0 Å². The van der Waals surface area contributed by atoms with Crippen molar-refractivity contribution in [2.24, 2.45) is 5.92 Å². The van der Waals surface area contributed by atoms with Gasteiger partial charge in [0.15, 0.2) is 5.58 Å². The molecule has 0 atom stereocenters. The average Bonchev–Trinajstić information content (AvgIpc) is 2.92. The number of amides is 2. The molecule has 0 spiro atoms. The third-order valence-electron chi connectivity index (χ3n) is 5.27. The molecule has 132 valence electrons. The van der Waals surface area contributed by atoms with Gasteiger partial charge in [-0.1, -0.05) is 6.42 Å². The number of rotatable bonds is 3. The summed E-state index contributed by atoms with van der Waals surface area (Å²) in [6.07, 6.45) is 4.80. The van der Waals surface area contributed by atoms with Crippen LogP contribution in [0.5, 0.6) is 0 Å². The number of aromatic nitrogens is 1. The molecule has 2 heterocycles. The van der Waals surface area contributed by atoms with E-state index in [2.05, 4.69) is 10.3 Å². The summed E-state index contributed by atoms with van der Waals surface area (Å²) in [4.78, 5) is 29.8. The number of nitrogens with zero attached hydrogens (tertiary/aromatic N) is 1. The minimum absolute atomic E-state index is 0.00649. The van der Waals surface area contributed by atoms with Gasteiger partial charge in [0.25, 0.3) is 10.7 Å². The molecule has 1 aromatic heterocycles. The van der Waals surface area contributed by atoms with E-state index >= 15 is 0 Å². The van der Waals surface area contributed by atoms with Crippen molar-refractivity contribution >= 4 is 35.1 Å². The molecule has 0 radical (unpaired) electrons. The summed E-state index contributed by atoms with van der Waals surface area (Å²) >= 11 is 4.97. The molecule has 1 aliphatic carbocycles. The van der Waals surface area contributed by atoms with Crippen molar-refractivity contribution in [1.82, 2.24) is 15.2 Å². The summed E-state index contributed by atoms with van der Waals surface area (Å²) in [5, 5.41) is 3.14. The lowest BCUT2D eigenvalue weighted by atomic mass is 9.84. The summed E-state index contributed by atoms with van der Waals surface area (Å²) in [6.45, 7) is 1.31. The first kappa shape index (κ1) is 16.3. The van der Waals surface area contributed by atoms with Gasteiger partial charge < -0.3 is 19.6 Å². The van der Waals surface area contributed by atoms with Crippen molar-refractivity contribution in [3.05, 3.63) is 28.6 Å².